The number of hydrogen-bond acceptors (Lipinski definition) is 2. The zero-order valence-electron chi connectivity index (χ0n) is 7.85. The van der Waals surface area contributed by atoms with Crippen molar-refractivity contribution in [3.63, 3.8) is 0 Å². The van der Waals surface area contributed by atoms with E-state index in [1.165, 1.54) is 12.3 Å². The van der Waals surface area contributed by atoms with Crippen molar-refractivity contribution >= 4 is 39.2 Å². The molecule has 2 rings (SSSR count). The molecule has 0 saturated heterocycles. The lowest BCUT2D eigenvalue weighted by atomic mass is 10.1. The summed E-state index contributed by atoms with van der Waals surface area (Å²) < 4.78 is 38.1. The first-order chi connectivity index (χ1) is 7.39. The molecule has 84 valence electrons. The second kappa shape index (κ2) is 3.76. The number of halogens is 4. The molecule has 6 heteroatoms. The van der Waals surface area contributed by atoms with Crippen LogP contribution in [-0.4, -0.2) is 4.98 Å². The van der Waals surface area contributed by atoms with Crippen molar-refractivity contribution in [1.29, 1.82) is 0 Å². The van der Waals surface area contributed by atoms with Crippen LogP contribution in [0.15, 0.2) is 24.4 Å². The van der Waals surface area contributed by atoms with Crippen molar-refractivity contribution in [3.8, 4) is 0 Å². The molecule has 1 heterocycles. The maximum atomic E-state index is 12.5. The highest BCUT2D eigenvalue weighted by molar-refractivity contribution is 14.1. The summed E-state index contributed by atoms with van der Waals surface area (Å²) >= 11 is 1.92. The first-order valence-electron chi connectivity index (χ1n) is 4.30. The number of fused-ring (bicyclic) bond motifs is 1. The Bertz CT molecular complexity index is 551. The molecule has 0 saturated carbocycles. The minimum Gasteiger partial charge on any atom is -0.397 e. The van der Waals surface area contributed by atoms with Gasteiger partial charge >= 0.3 is 6.18 Å². The summed E-state index contributed by atoms with van der Waals surface area (Å²) in [6.07, 6.45) is -2.90. The van der Waals surface area contributed by atoms with E-state index < -0.39 is 11.7 Å². The van der Waals surface area contributed by atoms with Crippen LogP contribution < -0.4 is 5.73 Å². The molecular formula is C10H6F3IN2. The highest BCUT2D eigenvalue weighted by atomic mass is 127. The lowest BCUT2D eigenvalue weighted by Gasteiger charge is -2.09. The molecule has 0 amide bonds. The molecule has 0 aliphatic rings. The Morgan fingerprint density at radius 1 is 1.25 bits per heavy atom. The number of benzene rings is 1. The zero-order chi connectivity index (χ0) is 11.9. The zero-order valence-corrected chi connectivity index (χ0v) is 10.0. The summed E-state index contributed by atoms with van der Waals surface area (Å²) in [6.45, 7) is 0. The molecule has 16 heavy (non-hydrogen) atoms. The number of anilines is 1. The summed E-state index contributed by atoms with van der Waals surface area (Å²) in [6, 6.07) is 3.43. The van der Waals surface area contributed by atoms with E-state index in [0.717, 1.165) is 12.1 Å². The Morgan fingerprint density at radius 3 is 2.56 bits per heavy atom. The number of pyridine rings is 1. The Labute approximate surface area is 103 Å². The summed E-state index contributed by atoms with van der Waals surface area (Å²) in [5.74, 6) is 0. The van der Waals surface area contributed by atoms with Crippen molar-refractivity contribution < 1.29 is 13.2 Å². The number of alkyl halides is 3. The van der Waals surface area contributed by atoms with E-state index in [4.69, 9.17) is 5.73 Å². The van der Waals surface area contributed by atoms with Crippen molar-refractivity contribution in [1.82, 2.24) is 4.98 Å². The lowest BCUT2D eigenvalue weighted by Crippen LogP contribution is -2.05. The summed E-state index contributed by atoms with van der Waals surface area (Å²) in [4.78, 5) is 3.97. The Kier molecular flexibility index (Phi) is 2.69. The van der Waals surface area contributed by atoms with Crippen LogP contribution in [0.2, 0.25) is 0 Å². The molecule has 0 bridgehead atoms. The van der Waals surface area contributed by atoms with Gasteiger partial charge in [-0.1, -0.05) is 0 Å². The molecule has 1 aromatic heterocycles. The van der Waals surface area contributed by atoms with Gasteiger partial charge in [-0.25, -0.2) is 0 Å². The summed E-state index contributed by atoms with van der Waals surface area (Å²) in [5.41, 5.74) is 5.79. The highest BCUT2D eigenvalue weighted by Gasteiger charge is 2.30. The number of hydrogen-bond donors (Lipinski definition) is 1. The first-order valence-corrected chi connectivity index (χ1v) is 5.38. The molecule has 0 aliphatic heterocycles. The fourth-order valence-electron chi connectivity index (χ4n) is 1.35. The SMILES string of the molecule is Nc1cnc2ccc(C(F)(F)F)cc2c1I. The third-order valence-corrected chi connectivity index (χ3v) is 3.36. The molecule has 1 aromatic carbocycles. The van der Waals surface area contributed by atoms with Crippen LogP contribution in [0, 0.1) is 3.57 Å². The highest BCUT2D eigenvalue weighted by Crippen LogP contribution is 2.33. The van der Waals surface area contributed by atoms with Gasteiger partial charge < -0.3 is 5.73 Å². The van der Waals surface area contributed by atoms with Gasteiger partial charge in [0.25, 0.3) is 0 Å². The van der Waals surface area contributed by atoms with Gasteiger partial charge in [-0.2, -0.15) is 13.2 Å². The number of rotatable bonds is 0. The van der Waals surface area contributed by atoms with Gasteiger partial charge in [0.15, 0.2) is 0 Å². The van der Waals surface area contributed by atoms with Crippen molar-refractivity contribution in [2.24, 2.45) is 0 Å². The van der Waals surface area contributed by atoms with Gasteiger partial charge in [-0.3, -0.25) is 4.98 Å². The third-order valence-electron chi connectivity index (χ3n) is 2.16. The molecule has 0 atom stereocenters. The van der Waals surface area contributed by atoms with E-state index in [2.05, 4.69) is 4.98 Å². The van der Waals surface area contributed by atoms with Crippen LogP contribution in [0.1, 0.15) is 5.56 Å². The number of nitrogen functional groups attached to an aromatic ring is 1. The maximum absolute atomic E-state index is 12.5. The molecule has 2 N–H and O–H groups in total. The fraction of sp³-hybridized carbons (Fsp3) is 0.100. The normalized spacial score (nSPS) is 12.0. The topological polar surface area (TPSA) is 38.9 Å². The number of aromatic nitrogens is 1. The first kappa shape index (κ1) is 11.4. The second-order valence-electron chi connectivity index (χ2n) is 3.26. The molecule has 0 fully saturated rings. The smallest absolute Gasteiger partial charge is 0.397 e. The van der Waals surface area contributed by atoms with Crippen LogP contribution in [0.5, 0.6) is 0 Å². The second-order valence-corrected chi connectivity index (χ2v) is 4.34. The fourth-order valence-corrected chi connectivity index (χ4v) is 1.92. The standard InChI is InChI=1S/C10H6F3IN2/c11-10(12,13)5-1-2-8-6(3-5)9(14)7(15)4-16-8/h1-4H,15H2. The summed E-state index contributed by atoms with van der Waals surface area (Å²) in [5, 5.41) is 0.426. The molecule has 0 spiro atoms. The molecule has 0 aliphatic carbocycles. The minimum atomic E-state index is -4.35. The Balaban J connectivity index is 2.74. The quantitative estimate of drug-likeness (QED) is 0.748. The van der Waals surface area contributed by atoms with E-state index in [9.17, 15) is 13.2 Å². The van der Waals surface area contributed by atoms with Crippen LogP contribution in [-0.2, 0) is 6.18 Å². The maximum Gasteiger partial charge on any atom is 0.416 e. The van der Waals surface area contributed by atoms with Crippen LogP contribution in [0.3, 0.4) is 0 Å². The molecule has 0 unspecified atom stereocenters. The van der Waals surface area contributed by atoms with Gasteiger partial charge in [-0.15, -0.1) is 0 Å². The monoisotopic (exact) mass is 338 g/mol. The van der Waals surface area contributed by atoms with Crippen molar-refractivity contribution in [2.45, 2.75) is 6.18 Å². The lowest BCUT2D eigenvalue weighted by molar-refractivity contribution is -0.137. The Hall–Kier alpha value is -1.05. The molecule has 0 radical (unpaired) electrons. The molecule has 2 aromatic rings. The van der Waals surface area contributed by atoms with Gasteiger partial charge in [0, 0.05) is 8.96 Å². The largest absolute Gasteiger partial charge is 0.416 e. The van der Waals surface area contributed by atoms with Gasteiger partial charge in [0.2, 0.25) is 0 Å². The van der Waals surface area contributed by atoms with E-state index in [1.54, 1.807) is 0 Å². The van der Waals surface area contributed by atoms with Gasteiger partial charge in [0.05, 0.1) is 23.0 Å². The average molecular weight is 338 g/mol. The van der Waals surface area contributed by atoms with E-state index in [0.29, 0.717) is 20.2 Å². The number of nitrogens with zero attached hydrogens (tertiary/aromatic N) is 1. The molecule has 2 nitrogen and oxygen atoms in total. The number of nitrogens with two attached hydrogens (primary N) is 1. The van der Waals surface area contributed by atoms with Crippen molar-refractivity contribution in [3.05, 3.63) is 33.5 Å². The van der Waals surface area contributed by atoms with Gasteiger partial charge in [0.1, 0.15) is 0 Å². The summed E-state index contributed by atoms with van der Waals surface area (Å²) in [7, 11) is 0. The Morgan fingerprint density at radius 2 is 1.94 bits per heavy atom. The van der Waals surface area contributed by atoms with E-state index >= 15 is 0 Å². The van der Waals surface area contributed by atoms with Crippen LogP contribution in [0.25, 0.3) is 10.9 Å². The van der Waals surface area contributed by atoms with Crippen molar-refractivity contribution in [2.75, 3.05) is 5.73 Å². The predicted octanol–water partition coefficient (Wildman–Crippen LogP) is 3.44. The molecular weight excluding hydrogens is 332 g/mol. The van der Waals surface area contributed by atoms with E-state index in [-0.39, 0.29) is 0 Å². The predicted molar refractivity (Wildman–Crippen MR) is 63.9 cm³/mol. The minimum absolute atomic E-state index is 0.382. The van der Waals surface area contributed by atoms with Crippen LogP contribution >= 0.6 is 22.6 Å². The van der Waals surface area contributed by atoms with Gasteiger partial charge in [-0.05, 0) is 40.8 Å². The van der Waals surface area contributed by atoms with Crippen LogP contribution in [0.4, 0.5) is 18.9 Å². The van der Waals surface area contributed by atoms with E-state index in [1.807, 2.05) is 22.6 Å². The average Bonchev–Trinajstić information content (AvgIpc) is 2.22. The third kappa shape index (κ3) is 1.93.